The summed E-state index contributed by atoms with van der Waals surface area (Å²) in [6.45, 7) is 0. The van der Waals surface area contributed by atoms with Gasteiger partial charge in [0.05, 0.1) is 6.42 Å². The number of halogens is 2. The van der Waals surface area contributed by atoms with Gasteiger partial charge in [-0.2, -0.15) is 0 Å². The SMILES string of the molecule is NC(=O)[C@H](Cc1ccc(-c2ccccc2)cc1)NC(=O)Cc1c(F)cccc1F. The number of carbonyl (C=O) groups is 2. The third kappa shape index (κ3) is 5.25. The molecule has 0 saturated heterocycles. The van der Waals surface area contributed by atoms with Crippen molar-refractivity contribution < 1.29 is 18.4 Å². The van der Waals surface area contributed by atoms with E-state index in [1.807, 2.05) is 54.6 Å². The molecule has 0 fully saturated rings. The summed E-state index contributed by atoms with van der Waals surface area (Å²) in [6.07, 6.45) is -0.342. The highest BCUT2D eigenvalue weighted by Gasteiger charge is 2.20. The van der Waals surface area contributed by atoms with Crippen molar-refractivity contribution in [3.63, 3.8) is 0 Å². The van der Waals surface area contributed by atoms with E-state index in [0.717, 1.165) is 28.8 Å². The van der Waals surface area contributed by atoms with E-state index in [1.165, 1.54) is 6.07 Å². The van der Waals surface area contributed by atoms with Gasteiger partial charge >= 0.3 is 0 Å². The number of benzene rings is 3. The number of rotatable bonds is 7. The highest BCUT2D eigenvalue weighted by Crippen LogP contribution is 2.20. The predicted octanol–water partition coefficient (Wildman–Crippen LogP) is 3.39. The number of primary amides is 1. The number of nitrogens with two attached hydrogens (primary N) is 1. The Hall–Kier alpha value is -3.54. The van der Waals surface area contributed by atoms with Crippen LogP contribution in [0.2, 0.25) is 0 Å². The van der Waals surface area contributed by atoms with Crippen molar-refractivity contribution >= 4 is 11.8 Å². The molecule has 29 heavy (non-hydrogen) atoms. The highest BCUT2D eigenvalue weighted by molar-refractivity contribution is 5.87. The molecule has 148 valence electrons. The number of nitrogens with one attached hydrogen (secondary N) is 1. The van der Waals surface area contributed by atoms with Crippen LogP contribution in [0.1, 0.15) is 11.1 Å². The van der Waals surface area contributed by atoms with Crippen molar-refractivity contribution in [3.8, 4) is 11.1 Å². The van der Waals surface area contributed by atoms with Crippen LogP contribution >= 0.6 is 0 Å². The Bertz CT molecular complexity index is 985. The summed E-state index contributed by atoms with van der Waals surface area (Å²) in [5.41, 5.74) is 7.93. The lowest BCUT2D eigenvalue weighted by atomic mass is 10.00. The zero-order valence-electron chi connectivity index (χ0n) is 15.6. The van der Waals surface area contributed by atoms with Crippen molar-refractivity contribution in [2.75, 3.05) is 0 Å². The summed E-state index contributed by atoms with van der Waals surface area (Å²) in [7, 11) is 0. The quantitative estimate of drug-likeness (QED) is 0.645. The number of hydrogen-bond donors (Lipinski definition) is 2. The third-order valence-corrected chi connectivity index (χ3v) is 4.58. The van der Waals surface area contributed by atoms with Crippen LogP contribution in [0.3, 0.4) is 0 Å². The van der Waals surface area contributed by atoms with E-state index in [9.17, 15) is 18.4 Å². The lowest BCUT2D eigenvalue weighted by Crippen LogP contribution is -2.46. The zero-order chi connectivity index (χ0) is 20.8. The zero-order valence-corrected chi connectivity index (χ0v) is 15.6. The van der Waals surface area contributed by atoms with E-state index >= 15 is 0 Å². The van der Waals surface area contributed by atoms with Crippen LogP contribution in [-0.4, -0.2) is 17.9 Å². The molecule has 6 heteroatoms. The van der Waals surface area contributed by atoms with Crippen molar-refractivity contribution in [1.29, 1.82) is 0 Å². The van der Waals surface area contributed by atoms with Gasteiger partial charge in [-0.3, -0.25) is 9.59 Å². The molecule has 1 atom stereocenters. The molecule has 0 aliphatic heterocycles. The van der Waals surface area contributed by atoms with Gasteiger partial charge in [0.2, 0.25) is 11.8 Å². The number of hydrogen-bond acceptors (Lipinski definition) is 2. The lowest BCUT2D eigenvalue weighted by Gasteiger charge is -2.16. The summed E-state index contributed by atoms with van der Waals surface area (Å²) in [4.78, 5) is 24.0. The van der Waals surface area contributed by atoms with E-state index in [0.29, 0.717) is 0 Å². The Kier molecular flexibility index (Phi) is 6.34. The summed E-state index contributed by atoms with van der Waals surface area (Å²) in [6, 6.07) is 19.7. The summed E-state index contributed by atoms with van der Waals surface area (Å²) < 4.78 is 27.4. The molecule has 0 radical (unpaired) electrons. The van der Waals surface area contributed by atoms with Gasteiger partial charge in [0.25, 0.3) is 0 Å². The van der Waals surface area contributed by atoms with Crippen LogP contribution in [0.5, 0.6) is 0 Å². The van der Waals surface area contributed by atoms with E-state index in [-0.39, 0.29) is 12.0 Å². The van der Waals surface area contributed by atoms with Gasteiger partial charge in [0, 0.05) is 12.0 Å². The Morgan fingerprint density at radius 2 is 1.41 bits per heavy atom. The first-order valence-electron chi connectivity index (χ1n) is 9.10. The molecule has 2 amide bonds. The summed E-state index contributed by atoms with van der Waals surface area (Å²) >= 11 is 0. The fourth-order valence-electron chi connectivity index (χ4n) is 3.03. The summed E-state index contributed by atoms with van der Waals surface area (Å²) in [5, 5.41) is 2.47. The molecular formula is C23H20F2N2O2. The average molecular weight is 394 g/mol. The van der Waals surface area contributed by atoms with E-state index in [1.54, 1.807) is 0 Å². The van der Waals surface area contributed by atoms with Crippen LogP contribution in [0.15, 0.2) is 72.8 Å². The van der Waals surface area contributed by atoms with Crippen LogP contribution in [0, 0.1) is 11.6 Å². The minimum absolute atomic E-state index is 0.176. The Morgan fingerprint density at radius 3 is 2.00 bits per heavy atom. The minimum Gasteiger partial charge on any atom is -0.368 e. The molecular weight excluding hydrogens is 374 g/mol. The second-order valence-corrected chi connectivity index (χ2v) is 6.67. The normalized spacial score (nSPS) is 11.7. The summed E-state index contributed by atoms with van der Waals surface area (Å²) in [5.74, 6) is -3.03. The smallest absolute Gasteiger partial charge is 0.240 e. The van der Waals surface area contributed by atoms with Gasteiger partial charge in [-0.05, 0) is 28.8 Å². The van der Waals surface area contributed by atoms with E-state index < -0.39 is 35.9 Å². The first kappa shape index (κ1) is 20.2. The third-order valence-electron chi connectivity index (χ3n) is 4.58. The van der Waals surface area contributed by atoms with E-state index in [2.05, 4.69) is 5.32 Å². The largest absolute Gasteiger partial charge is 0.368 e. The fraction of sp³-hybridized carbons (Fsp3) is 0.130. The number of carbonyl (C=O) groups excluding carboxylic acids is 2. The Morgan fingerprint density at radius 1 is 0.828 bits per heavy atom. The van der Waals surface area contributed by atoms with Gasteiger partial charge in [0.15, 0.2) is 0 Å². The van der Waals surface area contributed by atoms with Crippen molar-refractivity contribution in [1.82, 2.24) is 5.32 Å². The molecule has 0 unspecified atom stereocenters. The van der Waals surface area contributed by atoms with Crippen LogP contribution in [-0.2, 0) is 22.4 Å². The molecule has 3 rings (SSSR count). The molecule has 0 aliphatic carbocycles. The minimum atomic E-state index is -0.986. The van der Waals surface area contributed by atoms with Crippen LogP contribution < -0.4 is 11.1 Å². The van der Waals surface area contributed by atoms with Crippen molar-refractivity contribution in [2.45, 2.75) is 18.9 Å². The molecule has 3 aromatic rings. The molecule has 0 bridgehead atoms. The maximum absolute atomic E-state index is 13.7. The highest BCUT2D eigenvalue weighted by atomic mass is 19.1. The first-order valence-corrected chi connectivity index (χ1v) is 9.10. The molecule has 0 aromatic heterocycles. The molecule has 3 aromatic carbocycles. The van der Waals surface area contributed by atoms with Crippen LogP contribution in [0.4, 0.5) is 8.78 Å². The molecule has 0 spiro atoms. The Balaban J connectivity index is 1.67. The van der Waals surface area contributed by atoms with Crippen LogP contribution in [0.25, 0.3) is 11.1 Å². The monoisotopic (exact) mass is 394 g/mol. The molecule has 0 saturated carbocycles. The Labute approximate surface area is 167 Å². The van der Waals surface area contributed by atoms with Crippen molar-refractivity contribution in [2.24, 2.45) is 5.73 Å². The van der Waals surface area contributed by atoms with Gasteiger partial charge in [-0.1, -0.05) is 60.7 Å². The average Bonchev–Trinajstić information content (AvgIpc) is 2.71. The standard InChI is InChI=1S/C23H20F2N2O2/c24-19-7-4-8-20(25)18(19)14-22(28)27-21(23(26)29)13-15-9-11-17(12-10-15)16-5-2-1-3-6-16/h1-12,21H,13-14H2,(H2,26,29)(H,27,28)/t21-/m0/s1. The molecule has 0 aliphatic rings. The van der Waals surface area contributed by atoms with Gasteiger partial charge in [-0.25, -0.2) is 8.78 Å². The molecule has 4 nitrogen and oxygen atoms in total. The fourth-order valence-corrected chi connectivity index (χ4v) is 3.03. The van der Waals surface area contributed by atoms with Gasteiger partial charge in [0.1, 0.15) is 17.7 Å². The molecule has 0 heterocycles. The lowest BCUT2D eigenvalue weighted by molar-refractivity contribution is -0.127. The first-order chi connectivity index (χ1) is 13.9. The number of amides is 2. The van der Waals surface area contributed by atoms with Gasteiger partial charge < -0.3 is 11.1 Å². The van der Waals surface area contributed by atoms with E-state index in [4.69, 9.17) is 5.73 Å². The van der Waals surface area contributed by atoms with Gasteiger partial charge in [-0.15, -0.1) is 0 Å². The topological polar surface area (TPSA) is 72.2 Å². The second kappa shape index (κ2) is 9.10. The molecule has 3 N–H and O–H groups in total. The van der Waals surface area contributed by atoms with Crippen molar-refractivity contribution in [3.05, 3.63) is 95.6 Å². The maximum Gasteiger partial charge on any atom is 0.240 e. The second-order valence-electron chi connectivity index (χ2n) is 6.67. The maximum atomic E-state index is 13.7. The predicted molar refractivity (Wildman–Crippen MR) is 107 cm³/mol.